The second-order valence-corrected chi connectivity index (χ2v) is 6.00. The molecule has 2 rings (SSSR count). The number of carbonyl (C=O) groups excluding carboxylic acids is 1. The third-order valence-electron chi connectivity index (χ3n) is 4.18. The number of hydrogen-bond acceptors (Lipinski definition) is 2. The molecule has 1 saturated heterocycles. The van der Waals surface area contributed by atoms with E-state index in [1.54, 1.807) is 4.90 Å². The molecule has 2 atom stereocenters. The highest BCUT2D eigenvalue weighted by molar-refractivity contribution is 5.73. The molecule has 0 bridgehead atoms. The van der Waals surface area contributed by atoms with Crippen molar-refractivity contribution in [3.05, 3.63) is 0 Å². The van der Waals surface area contributed by atoms with Crippen LogP contribution in [0.2, 0.25) is 0 Å². The highest BCUT2D eigenvalue weighted by Crippen LogP contribution is 2.35. The molecule has 18 heavy (non-hydrogen) atoms. The molecule has 1 heterocycles. The van der Waals surface area contributed by atoms with E-state index >= 15 is 0 Å². The van der Waals surface area contributed by atoms with Gasteiger partial charge in [-0.2, -0.15) is 0 Å². The molecule has 0 aromatic heterocycles. The molecule has 4 nitrogen and oxygen atoms in total. The second kappa shape index (κ2) is 5.91. The van der Waals surface area contributed by atoms with Gasteiger partial charge in [-0.3, -0.25) is 0 Å². The fourth-order valence-corrected chi connectivity index (χ4v) is 2.96. The van der Waals surface area contributed by atoms with Gasteiger partial charge in [0.25, 0.3) is 0 Å². The van der Waals surface area contributed by atoms with Crippen LogP contribution >= 0.6 is 0 Å². The van der Waals surface area contributed by atoms with Gasteiger partial charge in [0.1, 0.15) is 0 Å². The van der Waals surface area contributed by atoms with Crippen molar-refractivity contribution in [3.8, 4) is 0 Å². The number of nitrogens with one attached hydrogen (secondary N) is 1. The van der Waals surface area contributed by atoms with Crippen LogP contribution < -0.4 is 5.32 Å². The van der Waals surface area contributed by atoms with Crippen molar-refractivity contribution in [2.75, 3.05) is 27.2 Å². The van der Waals surface area contributed by atoms with E-state index in [0.717, 1.165) is 37.9 Å². The Morgan fingerprint density at radius 3 is 2.56 bits per heavy atom. The SMILES string of the molecule is CCCC1CC1NC1CCN(C(=O)N(C)C)CC1. The predicted octanol–water partition coefficient (Wildman–Crippen LogP) is 1.91. The van der Waals surface area contributed by atoms with Crippen LogP contribution in [0.25, 0.3) is 0 Å². The minimum absolute atomic E-state index is 0.156. The number of piperidine rings is 1. The van der Waals surface area contributed by atoms with Crippen molar-refractivity contribution in [1.82, 2.24) is 15.1 Å². The van der Waals surface area contributed by atoms with Crippen molar-refractivity contribution in [1.29, 1.82) is 0 Å². The Hall–Kier alpha value is -0.770. The topological polar surface area (TPSA) is 35.6 Å². The molecule has 0 aromatic rings. The van der Waals surface area contributed by atoms with Crippen LogP contribution in [-0.4, -0.2) is 55.1 Å². The smallest absolute Gasteiger partial charge is 0.319 e. The molecule has 2 fully saturated rings. The molecule has 2 amide bonds. The van der Waals surface area contributed by atoms with Crippen molar-refractivity contribution >= 4 is 6.03 Å². The number of rotatable bonds is 4. The maximum atomic E-state index is 11.8. The molecule has 2 unspecified atom stereocenters. The summed E-state index contributed by atoms with van der Waals surface area (Å²) in [4.78, 5) is 15.4. The Kier molecular flexibility index (Phi) is 4.49. The first-order valence-corrected chi connectivity index (χ1v) is 7.34. The van der Waals surface area contributed by atoms with Gasteiger partial charge in [0.15, 0.2) is 0 Å². The molecule has 1 N–H and O–H groups in total. The number of urea groups is 1. The monoisotopic (exact) mass is 253 g/mol. The van der Waals surface area contributed by atoms with E-state index in [9.17, 15) is 4.79 Å². The Balaban J connectivity index is 1.67. The highest BCUT2D eigenvalue weighted by atomic mass is 16.2. The van der Waals surface area contributed by atoms with Crippen LogP contribution in [0.3, 0.4) is 0 Å². The van der Waals surface area contributed by atoms with Crippen LogP contribution in [0.1, 0.15) is 39.0 Å². The number of carbonyl (C=O) groups is 1. The molecule has 104 valence electrons. The van der Waals surface area contributed by atoms with Gasteiger partial charge in [0, 0.05) is 39.3 Å². The standard InChI is InChI=1S/C14H27N3O/c1-4-5-11-10-13(11)15-12-6-8-17(9-7-12)14(18)16(2)3/h11-13,15H,4-10H2,1-3H3. The van der Waals surface area contributed by atoms with Gasteiger partial charge in [-0.05, 0) is 31.6 Å². The van der Waals surface area contributed by atoms with E-state index in [1.165, 1.54) is 19.3 Å². The zero-order valence-corrected chi connectivity index (χ0v) is 12.0. The van der Waals surface area contributed by atoms with Crippen LogP contribution in [0, 0.1) is 5.92 Å². The molecule has 4 heteroatoms. The summed E-state index contributed by atoms with van der Waals surface area (Å²) in [5.74, 6) is 0.927. The van der Waals surface area contributed by atoms with Crippen LogP contribution in [0.15, 0.2) is 0 Å². The third kappa shape index (κ3) is 3.37. The molecule has 1 aliphatic heterocycles. The average Bonchev–Trinajstić information content (AvgIpc) is 3.08. The average molecular weight is 253 g/mol. The largest absolute Gasteiger partial charge is 0.331 e. The summed E-state index contributed by atoms with van der Waals surface area (Å²) in [5.41, 5.74) is 0. The van der Waals surface area contributed by atoms with Crippen molar-refractivity contribution in [2.24, 2.45) is 5.92 Å². The van der Waals surface area contributed by atoms with E-state index in [0.29, 0.717) is 6.04 Å². The number of amides is 2. The van der Waals surface area contributed by atoms with E-state index in [-0.39, 0.29) is 6.03 Å². The summed E-state index contributed by atoms with van der Waals surface area (Å²) in [6.07, 6.45) is 6.25. The summed E-state index contributed by atoms with van der Waals surface area (Å²) >= 11 is 0. The maximum Gasteiger partial charge on any atom is 0.319 e. The Bertz CT molecular complexity index is 285. The van der Waals surface area contributed by atoms with Crippen LogP contribution in [0.4, 0.5) is 4.79 Å². The first-order chi connectivity index (χ1) is 8.61. The first-order valence-electron chi connectivity index (χ1n) is 7.34. The Labute approximate surface area is 111 Å². The third-order valence-corrected chi connectivity index (χ3v) is 4.18. The van der Waals surface area contributed by atoms with E-state index in [2.05, 4.69) is 12.2 Å². The van der Waals surface area contributed by atoms with Crippen molar-refractivity contribution < 1.29 is 4.79 Å². The van der Waals surface area contributed by atoms with Gasteiger partial charge in [-0.25, -0.2) is 4.79 Å². The van der Waals surface area contributed by atoms with E-state index < -0.39 is 0 Å². The quantitative estimate of drug-likeness (QED) is 0.831. The van der Waals surface area contributed by atoms with Gasteiger partial charge in [0.05, 0.1) is 0 Å². The molecule has 0 aromatic carbocycles. The molecule has 1 saturated carbocycles. The fourth-order valence-electron chi connectivity index (χ4n) is 2.96. The lowest BCUT2D eigenvalue weighted by Gasteiger charge is -2.34. The zero-order chi connectivity index (χ0) is 13.1. The summed E-state index contributed by atoms with van der Waals surface area (Å²) < 4.78 is 0. The fraction of sp³-hybridized carbons (Fsp3) is 0.929. The normalized spacial score (nSPS) is 28.3. The van der Waals surface area contributed by atoms with Crippen molar-refractivity contribution in [3.63, 3.8) is 0 Å². The molecule has 0 spiro atoms. The molecular weight excluding hydrogens is 226 g/mol. The highest BCUT2D eigenvalue weighted by Gasteiger charge is 2.37. The van der Waals surface area contributed by atoms with E-state index in [4.69, 9.17) is 0 Å². The summed E-state index contributed by atoms with van der Waals surface area (Å²) in [6.45, 7) is 4.07. The van der Waals surface area contributed by atoms with Crippen molar-refractivity contribution in [2.45, 2.75) is 51.1 Å². The number of nitrogens with zero attached hydrogens (tertiary/aromatic N) is 2. The minimum atomic E-state index is 0.156. The lowest BCUT2D eigenvalue weighted by atomic mass is 10.1. The van der Waals surface area contributed by atoms with Gasteiger partial charge >= 0.3 is 6.03 Å². The summed E-state index contributed by atoms with van der Waals surface area (Å²) in [6, 6.07) is 1.55. The number of hydrogen-bond donors (Lipinski definition) is 1. The van der Waals surface area contributed by atoms with E-state index in [1.807, 2.05) is 19.0 Å². The zero-order valence-electron chi connectivity index (χ0n) is 12.0. The lowest BCUT2D eigenvalue weighted by molar-refractivity contribution is 0.152. The molecular formula is C14H27N3O. The molecule has 1 aliphatic carbocycles. The minimum Gasteiger partial charge on any atom is -0.331 e. The molecule has 2 aliphatic rings. The molecule has 0 radical (unpaired) electrons. The van der Waals surface area contributed by atoms with Crippen LogP contribution in [0.5, 0.6) is 0 Å². The second-order valence-electron chi connectivity index (χ2n) is 6.00. The summed E-state index contributed by atoms with van der Waals surface area (Å²) in [7, 11) is 3.65. The Morgan fingerprint density at radius 2 is 2.00 bits per heavy atom. The first kappa shape index (κ1) is 13.7. The Morgan fingerprint density at radius 1 is 1.33 bits per heavy atom. The predicted molar refractivity (Wildman–Crippen MR) is 73.6 cm³/mol. The van der Waals surface area contributed by atoms with Gasteiger partial charge in [-0.15, -0.1) is 0 Å². The van der Waals surface area contributed by atoms with Gasteiger partial charge < -0.3 is 15.1 Å². The van der Waals surface area contributed by atoms with Gasteiger partial charge in [-0.1, -0.05) is 13.3 Å². The summed E-state index contributed by atoms with van der Waals surface area (Å²) in [5, 5.41) is 3.76. The van der Waals surface area contributed by atoms with Crippen LogP contribution in [-0.2, 0) is 0 Å². The lowest BCUT2D eigenvalue weighted by Crippen LogP contribution is -2.48. The number of likely N-dealkylation sites (tertiary alicyclic amines) is 1. The maximum absolute atomic E-state index is 11.8. The van der Waals surface area contributed by atoms with Gasteiger partial charge in [0.2, 0.25) is 0 Å².